The number of hydrogen-bond acceptors (Lipinski definition) is 4. The zero-order valence-corrected chi connectivity index (χ0v) is 10.7. The first kappa shape index (κ1) is 13.6. The summed E-state index contributed by atoms with van der Waals surface area (Å²) < 4.78 is 18.7. The second-order valence-electron chi connectivity index (χ2n) is 4.38. The van der Waals surface area contributed by atoms with Crippen LogP contribution in [0.1, 0.15) is 6.92 Å². The van der Waals surface area contributed by atoms with Crippen molar-refractivity contribution in [1.82, 2.24) is 4.90 Å². The average Bonchev–Trinajstić information content (AvgIpc) is 2.20. The lowest BCUT2D eigenvalue weighted by atomic mass is 10.2. The predicted octanol–water partition coefficient (Wildman–Crippen LogP) is 1.78. The maximum Gasteiger partial charge on any atom is 0.148 e. The molecule has 0 aliphatic carbocycles. The van der Waals surface area contributed by atoms with Crippen LogP contribution in [0, 0.1) is 5.82 Å². The summed E-state index contributed by atoms with van der Waals surface area (Å²) in [5.74, 6) is 0.111. The highest BCUT2D eigenvalue weighted by Crippen LogP contribution is 2.28. The first-order valence-electron chi connectivity index (χ1n) is 5.48. The van der Waals surface area contributed by atoms with Crippen molar-refractivity contribution in [2.45, 2.75) is 13.0 Å². The van der Waals surface area contributed by atoms with E-state index in [9.17, 15) is 4.39 Å². The van der Waals surface area contributed by atoms with Crippen LogP contribution in [-0.2, 0) is 0 Å². The monoisotopic (exact) mass is 241 g/mol. The number of rotatable bonds is 5. The maximum absolute atomic E-state index is 13.7. The molecule has 96 valence electrons. The summed E-state index contributed by atoms with van der Waals surface area (Å²) in [6, 6.07) is 2.98. The van der Waals surface area contributed by atoms with Gasteiger partial charge in [-0.1, -0.05) is 0 Å². The molecule has 1 aromatic rings. The van der Waals surface area contributed by atoms with E-state index in [0.717, 1.165) is 6.54 Å². The molecule has 0 aliphatic heterocycles. The zero-order chi connectivity index (χ0) is 13.0. The minimum Gasteiger partial charge on any atom is -0.495 e. The van der Waals surface area contributed by atoms with E-state index in [1.165, 1.54) is 13.2 Å². The predicted molar refractivity (Wildman–Crippen MR) is 69.0 cm³/mol. The molecule has 0 radical (unpaired) electrons. The van der Waals surface area contributed by atoms with E-state index in [2.05, 4.69) is 5.32 Å². The highest BCUT2D eigenvalue weighted by atomic mass is 19.1. The average molecular weight is 241 g/mol. The zero-order valence-electron chi connectivity index (χ0n) is 10.7. The summed E-state index contributed by atoms with van der Waals surface area (Å²) in [4.78, 5) is 2.03. The Morgan fingerprint density at radius 2 is 2.12 bits per heavy atom. The summed E-state index contributed by atoms with van der Waals surface area (Å²) in [5.41, 5.74) is 6.32. The van der Waals surface area contributed by atoms with Crippen molar-refractivity contribution in [3.63, 3.8) is 0 Å². The quantitative estimate of drug-likeness (QED) is 0.772. The first-order valence-corrected chi connectivity index (χ1v) is 5.48. The van der Waals surface area contributed by atoms with Gasteiger partial charge in [-0.3, -0.25) is 0 Å². The topological polar surface area (TPSA) is 50.5 Å². The molecular weight excluding hydrogens is 221 g/mol. The van der Waals surface area contributed by atoms with Crippen LogP contribution in [0.4, 0.5) is 15.8 Å². The third-order valence-electron chi connectivity index (χ3n) is 2.36. The Kier molecular flexibility index (Phi) is 4.57. The maximum atomic E-state index is 13.7. The Morgan fingerprint density at radius 1 is 1.47 bits per heavy atom. The van der Waals surface area contributed by atoms with E-state index < -0.39 is 0 Å². The van der Waals surface area contributed by atoms with Crippen molar-refractivity contribution in [3.8, 4) is 5.75 Å². The number of halogens is 1. The molecule has 0 aliphatic rings. The Morgan fingerprint density at radius 3 is 2.65 bits per heavy atom. The number of likely N-dealkylation sites (N-methyl/N-ethyl adjacent to an activating group) is 1. The van der Waals surface area contributed by atoms with Gasteiger partial charge in [-0.05, 0) is 21.0 Å². The highest BCUT2D eigenvalue weighted by molar-refractivity contribution is 5.62. The minimum atomic E-state index is -0.367. The Hall–Kier alpha value is -1.49. The smallest absolute Gasteiger partial charge is 0.148 e. The lowest BCUT2D eigenvalue weighted by Gasteiger charge is -2.20. The number of anilines is 2. The SMILES string of the molecule is COc1cc(NC(C)CN(C)C)c(F)cc1N. The molecule has 0 aromatic heterocycles. The molecule has 0 heterocycles. The van der Waals surface area contributed by atoms with E-state index in [0.29, 0.717) is 17.1 Å². The van der Waals surface area contributed by atoms with E-state index in [-0.39, 0.29) is 11.9 Å². The second kappa shape index (κ2) is 5.72. The number of nitrogens with two attached hydrogens (primary N) is 1. The van der Waals surface area contributed by atoms with Gasteiger partial charge in [0.05, 0.1) is 18.5 Å². The van der Waals surface area contributed by atoms with Gasteiger partial charge >= 0.3 is 0 Å². The van der Waals surface area contributed by atoms with E-state index in [4.69, 9.17) is 10.5 Å². The molecule has 0 saturated carbocycles. The molecule has 1 aromatic carbocycles. The van der Waals surface area contributed by atoms with Gasteiger partial charge in [0.1, 0.15) is 11.6 Å². The van der Waals surface area contributed by atoms with Gasteiger partial charge in [-0.25, -0.2) is 4.39 Å². The normalized spacial score (nSPS) is 12.6. The molecule has 0 fully saturated rings. The molecule has 0 saturated heterocycles. The fourth-order valence-corrected chi connectivity index (χ4v) is 1.71. The largest absolute Gasteiger partial charge is 0.495 e. The molecule has 4 nitrogen and oxygen atoms in total. The second-order valence-corrected chi connectivity index (χ2v) is 4.38. The van der Waals surface area contributed by atoms with Crippen LogP contribution >= 0.6 is 0 Å². The molecule has 0 spiro atoms. The van der Waals surface area contributed by atoms with Crippen LogP contribution in [0.3, 0.4) is 0 Å². The minimum absolute atomic E-state index is 0.132. The molecule has 5 heteroatoms. The number of benzene rings is 1. The van der Waals surface area contributed by atoms with Gasteiger partial charge in [0.25, 0.3) is 0 Å². The fraction of sp³-hybridized carbons (Fsp3) is 0.500. The number of nitrogen functional groups attached to an aromatic ring is 1. The third kappa shape index (κ3) is 3.78. The highest BCUT2D eigenvalue weighted by Gasteiger charge is 2.11. The Labute approximate surface area is 102 Å². The summed E-state index contributed by atoms with van der Waals surface area (Å²) in [6.45, 7) is 2.80. The molecule has 0 bridgehead atoms. The van der Waals surface area contributed by atoms with Crippen LogP contribution < -0.4 is 15.8 Å². The van der Waals surface area contributed by atoms with E-state index >= 15 is 0 Å². The molecular formula is C12H20FN3O. The van der Waals surface area contributed by atoms with Crippen LogP contribution in [0.5, 0.6) is 5.75 Å². The number of nitrogens with zero attached hydrogens (tertiary/aromatic N) is 1. The summed E-state index contributed by atoms with van der Waals surface area (Å²) in [6.07, 6.45) is 0. The summed E-state index contributed by atoms with van der Waals surface area (Å²) in [5, 5.41) is 3.09. The van der Waals surface area contributed by atoms with Gasteiger partial charge in [-0.15, -0.1) is 0 Å². The number of hydrogen-bond donors (Lipinski definition) is 2. The van der Waals surface area contributed by atoms with Crippen molar-refractivity contribution >= 4 is 11.4 Å². The van der Waals surface area contributed by atoms with E-state index in [1.54, 1.807) is 6.07 Å². The number of ether oxygens (including phenoxy) is 1. The molecule has 3 N–H and O–H groups in total. The Bertz CT molecular complexity index is 382. The summed E-state index contributed by atoms with van der Waals surface area (Å²) in [7, 11) is 5.45. The Balaban J connectivity index is 2.83. The van der Waals surface area contributed by atoms with Gasteiger partial charge in [0.2, 0.25) is 0 Å². The van der Waals surface area contributed by atoms with Crippen LogP contribution in [-0.4, -0.2) is 38.7 Å². The van der Waals surface area contributed by atoms with Crippen LogP contribution in [0.2, 0.25) is 0 Å². The molecule has 1 unspecified atom stereocenters. The standard InChI is InChI=1S/C12H20FN3O/c1-8(7-16(2)3)15-11-6-12(17-4)10(14)5-9(11)13/h5-6,8,15H,7,14H2,1-4H3. The van der Waals surface area contributed by atoms with Gasteiger partial charge in [0, 0.05) is 24.7 Å². The van der Waals surface area contributed by atoms with E-state index in [1.807, 2.05) is 25.9 Å². The van der Waals surface area contributed by atoms with Crippen molar-refractivity contribution in [1.29, 1.82) is 0 Å². The number of nitrogens with one attached hydrogen (secondary N) is 1. The fourth-order valence-electron chi connectivity index (χ4n) is 1.71. The van der Waals surface area contributed by atoms with Crippen LogP contribution in [0.25, 0.3) is 0 Å². The molecule has 0 amide bonds. The van der Waals surface area contributed by atoms with Crippen molar-refractivity contribution in [2.75, 3.05) is 38.8 Å². The van der Waals surface area contributed by atoms with Crippen molar-refractivity contribution in [3.05, 3.63) is 17.9 Å². The van der Waals surface area contributed by atoms with Gasteiger partial charge in [-0.2, -0.15) is 0 Å². The first-order chi connectivity index (χ1) is 7.93. The summed E-state index contributed by atoms with van der Waals surface area (Å²) >= 11 is 0. The van der Waals surface area contributed by atoms with Gasteiger partial charge < -0.3 is 20.7 Å². The molecule has 1 atom stereocenters. The van der Waals surface area contributed by atoms with Crippen molar-refractivity contribution < 1.29 is 9.13 Å². The lowest BCUT2D eigenvalue weighted by Crippen LogP contribution is -2.29. The molecule has 17 heavy (non-hydrogen) atoms. The number of methoxy groups -OCH3 is 1. The van der Waals surface area contributed by atoms with Crippen molar-refractivity contribution in [2.24, 2.45) is 0 Å². The lowest BCUT2D eigenvalue weighted by molar-refractivity contribution is 0.391. The third-order valence-corrected chi connectivity index (χ3v) is 2.36. The van der Waals surface area contributed by atoms with Crippen LogP contribution in [0.15, 0.2) is 12.1 Å². The van der Waals surface area contributed by atoms with Gasteiger partial charge in [0.15, 0.2) is 0 Å². The molecule has 1 rings (SSSR count).